The van der Waals surface area contributed by atoms with E-state index in [1.54, 1.807) is 6.07 Å². The maximum absolute atomic E-state index is 10.7. The average Bonchev–Trinajstić information content (AvgIpc) is 2.20. The number of hydrogen-bond acceptors (Lipinski definition) is 4. The topological polar surface area (TPSA) is 87.0 Å². The van der Waals surface area contributed by atoms with E-state index < -0.39 is 11.6 Å². The molecule has 0 amide bonds. The van der Waals surface area contributed by atoms with Crippen molar-refractivity contribution in [2.24, 2.45) is 0 Å². The summed E-state index contributed by atoms with van der Waals surface area (Å²) in [6, 6.07) is 4.48. The molecular weight excluding hydrogens is 212 g/mol. The molecule has 0 aliphatic heterocycles. The number of hydrogen-bond donors (Lipinski definition) is 3. The molecule has 16 heavy (non-hydrogen) atoms. The lowest BCUT2D eigenvalue weighted by atomic mass is 9.96. The van der Waals surface area contributed by atoms with Crippen LogP contribution < -0.4 is 4.74 Å². The van der Waals surface area contributed by atoms with Crippen LogP contribution in [0.4, 0.5) is 0 Å². The SMILES string of the molecule is COc1ccc(CC(C)(O)C(=O)O)c(O)c1. The Kier molecular flexibility index (Phi) is 3.39. The molecule has 5 heteroatoms. The zero-order valence-corrected chi connectivity index (χ0v) is 9.10. The molecule has 0 fully saturated rings. The van der Waals surface area contributed by atoms with Gasteiger partial charge in [-0.05, 0) is 18.6 Å². The van der Waals surface area contributed by atoms with Crippen LogP contribution in [0, 0.1) is 0 Å². The van der Waals surface area contributed by atoms with Crippen LogP contribution in [-0.4, -0.2) is 34.0 Å². The molecule has 0 aliphatic carbocycles. The molecule has 0 aromatic heterocycles. The van der Waals surface area contributed by atoms with Gasteiger partial charge >= 0.3 is 5.97 Å². The molecule has 1 aromatic rings. The molecule has 0 spiro atoms. The fourth-order valence-corrected chi connectivity index (χ4v) is 1.27. The number of carbonyl (C=O) groups is 1. The van der Waals surface area contributed by atoms with Crippen LogP contribution in [0.5, 0.6) is 11.5 Å². The summed E-state index contributed by atoms with van der Waals surface area (Å²) in [5, 5.41) is 27.9. The Hall–Kier alpha value is -1.75. The highest BCUT2D eigenvalue weighted by Crippen LogP contribution is 2.26. The number of carboxylic acid groups (broad SMARTS) is 1. The van der Waals surface area contributed by atoms with Crippen LogP contribution in [0.15, 0.2) is 18.2 Å². The summed E-state index contributed by atoms with van der Waals surface area (Å²) in [6.45, 7) is 1.18. The molecule has 0 heterocycles. The Balaban J connectivity index is 2.94. The summed E-state index contributed by atoms with van der Waals surface area (Å²) >= 11 is 0. The van der Waals surface area contributed by atoms with Crippen molar-refractivity contribution in [1.29, 1.82) is 0 Å². The first-order valence-electron chi connectivity index (χ1n) is 4.68. The van der Waals surface area contributed by atoms with Gasteiger partial charge in [-0.1, -0.05) is 6.07 Å². The lowest BCUT2D eigenvalue weighted by molar-refractivity contribution is -0.156. The highest BCUT2D eigenvalue weighted by molar-refractivity contribution is 5.77. The number of phenolic OH excluding ortho intramolecular Hbond substituents is 1. The molecular formula is C11H14O5. The second-order valence-corrected chi connectivity index (χ2v) is 3.75. The molecule has 1 aromatic carbocycles. The minimum Gasteiger partial charge on any atom is -0.508 e. The first kappa shape index (κ1) is 12.3. The van der Waals surface area contributed by atoms with E-state index in [2.05, 4.69) is 0 Å². The highest BCUT2D eigenvalue weighted by atomic mass is 16.5. The van der Waals surface area contributed by atoms with Gasteiger partial charge in [-0.2, -0.15) is 0 Å². The molecule has 88 valence electrons. The van der Waals surface area contributed by atoms with Gasteiger partial charge in [-0.3, -0.25) is 0 Å². The van der Waals surface area contributed by atoms with Gasteiger partial charge in [-0.25, -0.2) is 4.79 Å². The van der Waals surface area contributed by atoms with Crippen LogP contribution in [0.1, 0.15) is 12.5 Å². The summed E-state index contributed by atoms with van der Waals surface area (Å²) in [5.74, 6) is -0.959. The zero-order valence-electron chi connectivity index (χ0n) is 9.10. The number of aromatic hydroxyl groups is 1. The second-order valence-electron chi connectivity index (χ2n) is 3.75. The van der Waals surface area contributed by atoms with Gasteiger partial charge in [-0.15, -0.1) is 0 Å². The minimum atomic E-state index is -1.90. The lowest BCUT2D eigenvalue weighted by Gasteiger charge is -2.18. The summed E-state index contributed by atoms with van der Waals surface area (Å²) in [5.41, 5.74) is -1.54. The summed E-state index contributed by atoms with van der Waals surface area (Å²) in [7, 11) is 1.46. The van der Waals surface area contributed by atoms with Crippen molar-refractivity contribution in [1.82, 2.24) is 0 Å². The monoisotopic (exact) mass is 226 g/mol. The van der Waals surface area contributed by atoms with Crippen molar-refractivity contribution in [2.75, 3.05) is 7.11 Å². The number of benzene rings is 1. The molecule has 0 bridgehead atoms. The Morgan fingerprint density at radius 1 is 1.50 bits per heavy atom. The highest BCUT2D eigenvalue weighted by Gasteiger charge is 2.31. The van der Waals surface area contributed by atoms with E-state index in [9.17, 15) is 15.0 Å². The maximum Gasteiger partial charge on any atom is 0.335 e. The Morgan fingerprint density at radius 2 is 2.12 bits per heavy atom. The third-order valence-electron chi connectivity index (χ3n) is 2.29. The van der Waals surface area contributed by atoms with Crippen molar-refractivity contribution in [2.45, 2.75) is 18.9 Å². The minimum absolute atomic E-state index is 0.0964. The normalized spacial score (nSPS) is 14.2. The predicted molar refractivity (Wildman–Crippen MR) is 56.6 cm³/mol. The fraction of sp³-hybridized carbons (Fsp3) is 0.364. The Labute approximate surface area is 92.9 Å². The van der Waals surface area contributed by atoms with E-state index in [1.165, 1.54) is 26.2 Å². The smallest absolute Gasteiger partial charge is 0.335 e. The van der Waals surface area contributed by atoms with Gasteiger partial charge in [0.25, 0.3) is 0 Å². The number of ether oxygens (including phenoxy) is 1. The molecule has 1 rings (SSSR count). The summed E-state index contributed by atoms with van der Waals surface area (Å²) < 4.78 is 4.89. The van der Waals surface area contributed by atoms with Crippen LogP contribution in [-0.2, 0) is 11.2 Å². The number of phenols is 1. The number of aliphatic carboxylic acids is 1. The predicted octanol–water partition coefficient (Wildman–Crippen LogP) is 0.779. The van der Waals surface area contributed by atoms with Crippen LogP contribution in [0.3, 0.4) is 0 Å². The van der Waals surface area contributed by atoms with Crippen molar-refractivity contribution in [3.05, 3.63) is 23.8 Å². The Morgan fingerprint density at radius 3 is 2.56 bits per heavy atom. The van der Waals surface area contributed by atoms with Crippen LogP contribution in [0.25, 0.3) is 0 Å². The van der Waals surface area contributed by atoms with E-state index in [1.807, 2.05) is 0 Å². The summed E-state index contributed by atoms with van der Waals surface area (Å²) in [4.78, 5) is 10.7. The molecule has 1 unspecified atom stereocenters. The second kappa shape index (κ2) is 4.40. The number of rotatable bonds is 4. The van der Waals surface area contributed by atoms with Gasteiger partial charge < -0.3 is 20.1 Å². The van der Waals surface area contributed by atoms with Crippen molar-refractivity contribution >= 4 is 5.97 Å². The number of methoxy groups -OCH3 is 1. The molecule has 1 atom stereocenters. The first-order chi connectivity index (χ1) is 7.36. The van der Waals surface area contributed by atoms with E-state index in [0.717, 1.165) is 0 Å². The van der Waals surface area contributed by atoms with Crippen LogP contribution in [0.2, 0.25) is 0 Å². The van der Waals surface area contributed by atoms with Crippen LogP contribution >= 0.6 is 0 Å². The lowest BCUT2D eigenvalue weighted by Crippen LogP contribution is -2.37. The van der Waals surface area contributed by atoms with Gasteiger partial charge in [0.05, 0.1) is 7.11 Å². The van der Waals surface area contributed by atoms with Crippen molar-refractivity contribution < 1.29 is 24.9 Å². The average molecular weight is 226 g/mol. The third-order valence-corrected chi connectivity index (χ3v) is 2.29. The fourth-order valence-electron chi connectivity index (χ4n) is 1.27. The Bertz CT molecular complexity index is 397. The quantitative estimate of drug-likeness (QED) is 0.706. The molecule has 5 nitrogen and oxygen atoms in total. The molecule has 0 radical (unpaired) electrons. The standard InChI is InChI=1S/C11H14O5/c1-11(15,10(13)14)6-7-3-4-8(16-2)5-9(7)12/h3-5,12,15H,6H2,1-2H3,(H,13,14). The van der Waals surface area contributed by atoms with E-state index in [-0.39, 0.29) is 12.2 Å². The van der Waals surface area contributed by atoms with Gasteiger partial charge in [0, 0.05) is 12.5 Å². The summed E-state index contributed by atoms with van der Waals surface area (Å²) in [6.07, 6.45) is -0.168. The van der Waals surface area contributed by atoms with Gasteiger partial charge in [0.15, 0.2) is 5.60 Å². The molecule has 0 aliphatic rings. The van der Waals surface area contributed by atoms with Crippen molar-refractivity contribution in [3.63, 3.8) is 0 Å². The number of carboxylic acids is 1. The number of aliphatic hydroxyl groups is 1. The van der Waals surface area contributed by atoms with E-state index >= 15 is 0 Å². The van der Waals surface area contributed by atoms with Gasteiger partial charge in [0.1, 0.15) is 11.5 Å². The largest absolute Gasteiger partial charge is 0.508 e. The first-order valence-corrected chi connectivity index (χ1v) is 4.68. The van der Waals surface area contributed by atoms with Crippen molar-refractivity contribution in [3.8, 4) is 11.5 Å². The van der Waals surface area contributed by atoms with Gasteiger partial charge in [0.2, 0.25) is 0 Å². The van der Waals surface area contributed by atoms with E-state index in [4.69, 9.17) is 9.84 Å². The molecule has 3 N–H and O–H groups in total. The molecule has 0 saturated heterocycles. The maximum atomic E-state index is 10.7. The zero-order chi connectivity index (χ0) is 12.3. The third kappa shape index (κ3) is 2.64. The molecule has 0 saturated carbocycles. The van der Waals surface area contributed by atoms with E-state index in [0.29, 0.717) is 11.3 Å².